The van der Waals surface area contributed by atoms with E-state index in [0.717, 1.165) is 58.0 Å². The molecular formula is C24H38N4O3. The summed E-state index contributed by atoms with van der Waals surface area (Å²) in [5.74, 6) is 0.915. The minimum atomic E-state index is -0.0691. The number of likely N-dealkylation sites (tertiary alicyclic amines) is 1. The maximum Gasteiger partial charge on any atom is 0.251 e. The molecular weight excluding hydrogens is 392 g/mol. The van der Waals surface area contributed by atoms with Crippen LogP contribution >= 0.6 is 0 Å². The van der Waals surface area contributed by atoms with Crippen LogP contribution in [0, 0.1) is 0 Å². The molecule has 2 heterocycles. The van der Waals surface area contributed by atoms with Crippen molar-refractivity contribution in [1.29, 1.82) is 0 Å². The van der Waals surface area contributed by atoms with E-state index in [0.29, 0.717) is 18.7 Å². The van der Waals surface area contributed by atoms with Crippen molar-refractivity contribution < 1.29 is 14.3 Å². The quantitative estimate of drug-likeness (QED) is 0.577. The van der Waals surface area contributed by atoms with Gasteiger partial charge >= 0.3 is 0 Å². The normalized spacial score (nSPS) is 20.1. The van der Waals surface area contributed by atoms with E-state index in [1.54, 1.807) is 12.1 Å². The molecule has 0 bridgehead atoms. The van der Waals surface area contributed by atoms with E-state index in [-0.39, 0.29) is 17.9 Å². The molecule has 1 N–H and O–H groups in total. The lowest BCUT2D eigenvalue weighted by Gasteiger charge is -2.35. The standard InChI is InChI=1S/C24H38N4O3/c1-3-5-6-12-26-14-16-28(17-15-26)23(29)19-27-13-11-21(18-27)25-24(30)20-7-9-22(10-8-20)31-4-2/h7-10,21H,3-6,11-19H2,1-2H3,(H,25,30). The van der Waals surface area contributed by atoms with Crippen LogP contribution in [-0.2, 0) is 4.79 Å². The van der Waals surface area contributed by atoms with E-state index in [4.69, 9.17) is 4.74 Å². The molecule has 1 atom stereocenters. The smallest absolute Gasteiger partial charge is 0.251 e. The maximum absolute atomic E-state index is 12.7. The van der Waals surface area contributed by atoms with Gasteiger partial charge in [0.2, 0.25) is 5.91 Å². The zero-order valence-electron chi connectivity index (χ0n) is 19.1. The first-order valence-electron chi connectivity index (χ1n) is 11.8. The number of hydrogen-bond donors (Lipinski definition) is 1. The lowest BCUT2D eigenvalue weighted by atomic mass is 10.2. The summed E-state index contributed by atoms with van der Waals surface area (Å²) in [6, 6.07) is 7.31. The van der Waals surface area contributed by atoms with Gasteiger partial charge in [0.05, 0.1) is 13.2 Å². The Hall–Kier alpha value is -2.12. The second-order valence-corrected chi connectivity index (χ2v) is 8.58. The summed E-state index contributed by atoms with van der Waals surface area (Å²) in [6.07, 6.45) is 4.66. The van der Waals surface area contributed by atoms with Gasteiger partial charge < -0.3 is 15.0 Å². The van der Waals surface area contributed by atoms with E-state index in [1.165, 1.54) is 19.3 Å². The van der Waals surface area contributed by atoms with Gasteiger partial charge in [0.25, 0.3) is 5.91 Å². The first-order valence-corrected chi connectivity index (χ1v) is 11.8. The first-order chi connectivity index (χ1) is 15.1. The van der Waals surface area contributed by atoms with E-state index in [2.05, 4.69) is 22.0 Å². The molecule has 172 valence electrons. The van der Waals surface area contributed by atoms with Gasteiger partial charge in [-0.3, -0.25) is 19.4 Å². The molecule has 31 heavy (non-hydrogen) atoms. The number of nitrogens with zero attached hydrogens (tertiary/aromatic N) is 3. The van der Waals surface area contributed by atoms with E-state index in [1.807, 2.05) is 24.0 Å². The van der Waals surface area contributed by atoms with Gasteiger partial charge in [-0.2, -0.15) is 0 Å². The van der Waals surface area contributed by atoms with Crippen LogP contribution in [0.5, 0.6) is 5.75 Å². The number of piperazine rings is 1. The molecule has 3 rings (SSSR count). The zero-order chi connectivity index (χ0) is 22.1. The minimum Gasteiger partial charge on any atom is -0.494 e. The van der Waals surface area contributed by atoms with Crippen molar-refractivity contribution in [3.05, 3.63) is 29.8 Å². The Morgan fingerprint density at radius 3 is 2.42 bits per heavy atom. The van der Waals surface area contributed by atoms with Crippen molar-refractivity contribution in [2.45, 2.75) is 45.6 Å². The van der Waals surface area contributed by atoms with Gasteiger partial charge in [0.15, 0.2) is 0 Å². The Bertz CT molecular complexity index is 701. The molecule has 1 unspecified atom stereocenters. The number of amides is 2. The fourth-order valence-corrected chi connectivity index (χ4v) is 4.33. The lowest BCUT2D eigenvalue weighted by molar-refractivity contribution is -0.133. The maximum atomic E-state index is 12.7. The number of nitrogens with one attached hydrogen (secondary N) is 1. The highest BCUT2D eigenvalue weighted by atomic mass is 16.5. The third-order valence-electron chi connectivity index (χ3n) is 6.20. The van der Waals surface area contributed by atoms with E-state index < -0.39 is 0 Å². The van der Waals surface area contributed by atoms with Gasteiger partial charge in [-0.1, -0.05) is 19.8 Å². The summed E-state index contributed by atoms with van der Waals surface area (Å²) in [4.78, 5) is 31.9. The molecule has 1 aromatic carbocycles. The Balaban J connectivity index is 1.37. The second-order valence-electron chi connectivity index (χ2n) is 8.58. The van der Waals surface area contributed by atoms with Gasteiger partial charge in [-0.05, 0) is 50.6 Å². The molecule has 2 aliphatic heterocycles. The van der Waals surface area contributed by atoms with Crippen molar-refractivity contribution in [3.8, 4) is 5.75 Å². The molecule has 0 radical (unpaired) electrons. The lowest BCUT2D eigenvalue weighted by Crippen LogP contribution is -2.51. The van der Waals surface area contributed by atoms with Crippen molar-refractivity contribution in [1.82, 2.24) is 20.0 Å². The summed E-state index contributed by atoms with van der Waals surface area (Å²) in [7, 11) is 0. The molecule has 2 fully saturated rings. The number of rotatable bonds is 10. The highest BCUT2D eigenvalue weighted by Gasteiger charge is 2.28. The molecule has 2 saturated heterocycles. The van der Waals surface area contributed by atoms with E-state index >= 15 is 0 Å². The molecule has 2 amide bonds. The average molecular weight is 431 g/mol. The Labute approximate surface area is 186 Å². The largest absolute Gasteiger partial charge is 0.494 e. The topological polar surface area (TPSA) is 65.1 Å². The van der Waals surface area contributed by atoms with Crippen LogP contribution < -0.4 is 10.1 Å². The third-order valence-corrected chi connectivity index (χ3v) is 6.20. The number of ether oxygens (including phenoxy) is 1. The van der Waals surface area contributed by atoms with Crippen LogP contribution in [0.15, 0.2) is 24.3 Å². The summed E-state index contributed by atoms with van der Waals surface area (Å²) in [6.45, 7) is 11.6. The Morgan fingerprint density at radius 1 is 1.00 bits per heavy atom. The summed E-state index contributed by atoms with van der Waals surface area (Å²) < 4.78 is 5.43. The number of hydrogen-bond acceptors (Lipinski definition) is 5. The van der Waals surface area contributed by atoms with Crippen molar-refractivity contribution in [2.24, 2.45) is 0 Å². The summed E-state index contributed by atoms with van der Waals surface area (Å²) in [5.41, 5.74) is 0.634. The number of benzene rings is 1. The Kier molecular flexibility index (Phi) is 9.15. The molecule has 2 aliphatic rings. The second kappa shape index (κ2) is 12.1. The van der Waals surface area contributed by atoms with Crippen LogP contribution in [0.3, 0.4) is 0 Å². The van der Waals surface area contributed by atoms with Gasteiger partial charge in [0, 0.05) is 50.9 Å². The predicted octanol–water partition coefficient (Wildman–Crippen LogP) is 2.22. The molecule has 0 aromatic heterocycles. The SMILES string of the molecule is CCCCCN1CCN(C(=O)CN2CCC(NC(=O)c3ccc(OCC)cc3)C2)CC1. The van der Waals surface area contributed by atoms with Crippen LogP contribution in [0.1, 0.15) is 49.9 Å². The van der Waals surface area contributed by atoms with Crippen molar-refractivity contribution >= 4 is 11.8 Å². The van der Waals surface area contributed by atoms with Crippen molar-refractivity contribution in [3.63, 3.8) is 0 Å². The van der Waals surface area contributed by atoms with Gasteiger partial charge in [-0.15, -0.1) is 0 Å². The molecule has 0 saturated carbocycles. The monoisotopic (exact) mass is 430 g/mol. The summed E-state index contributed by atoms with van der Waals surface area (Å²) in [5, 5.41) is 3.11. The minimum absolute atomic E-state index is 0.0691. The number of carbonyl (C=O) groups is 2. The highest BCUT2D eigenvalue weighted by Crippen LogP contribution is 2.14. The molecule has 0 spiro atoms. The highest BCUT2D eigenvalue weighted by molar-refractivity contribution is 5.94. The van der Waals surface area contributed by atoms with Crippen molar-refractivity contribution in [2.75, 3.05) is 59.0 Å². The van der Waals surface area contributed by atoms with Gasteiger partial charge in [0.1, 0.15) is 5.75 Å². The molecule has 7 nitrogen and oxygen atoms in total. The first kappa shape index (κ1) is 23.5. The third kappa shape index (κ3) is 7.21. The van der Waals surface area contributed by atoms with Crippen LogP contribution in [0.4, 0.5) is 0 Å². The van der Waals surface area contributed by atoms with Crippen LogP contribution in [0.2, 0.25) is 0 Å². The molecule has 7 heteroatoms. The van der Waals surface area contributed by atoms with Crippen LogP contribution in [0.25, 0.3) is 0 Å². The predicted molar refractivity (Wildman–Crippen MR) is 122 cm³/mol. The fraction of sp³-hybridized carbons (Fsp3) is 0.667. The zero-order valence-corrected chi connectivity index (χ0v) is 19.1. The van der Waals surface area contributed by atoms with Gasteiger partial charge in [-0.25, -0.2) is 0 Å². The molecule has 0 aliphatic carbocycles. The fourth-order valence-electron chi connectivity index (χ4n) is 4.33. The Morgan fingerprint density at radius 2 is 1.74 bits per heavy atom. The summed E-state index contributed by atoms with van der Waals surface area (Å²) >= 11 is 0. The van der Waals surface area contributed by atoms with E-state index in [9.17, 15) is 9.59 Å². The van der Waals surface area contributed by atoms with Crippen LogP contribution in [-0.4, -0.2) is 91.5 Å². The number of carbonyl (C=O) groups excluding carboxylic acids is 2. The molecule has 1 aromatic rings. The average Bonchev–Trinajstić information content (AvgIpc) is 3.21. The number of unbranched alkanes of at least 4 members (excludes halogenated alkanes) is 2.